The van der Waals surface area contributed by atoms with Crippen LogP contribution in [0.2, 0.25) is 0 Å². The number of hydrogen-bond acceptors (Lipinski definition) is 6. The summed E-state index contributed by atoms with van der Waals surface area (Å²) in [5.41, 5.74) is 1.86. The highest BCUT2D eigenvalue weighted by Gasteiger charge is 2.29. The predicted molar refractivity (Wildman–Crippen MR) is 101 cm³/mol. The molecule has 2 aliphatic rings. The molecule has 4 rings (SSSR count). The summed E-state index contributed by atoms with van der Waals surface area (Å²) >= 11 is 0. The number of fused-ring (bicyclic) bond motifs is 1. The molecule has 2 aromatic rings. The van der Waals surface area contributed by atoms with Crippen molar-refractivity contribution in [1.29, 1.82) is 0 Å². The topological polar surface area (TPSA) is 60.4 Å². The number of hydrogen-bond donors (Lipinski definition) is 1. The van der Waals surface area contributed by atoms with Gasteiger partial charge in [0.1, 0.15) is 5.75 Å². The molecule has 2 aromatic carbocycles. The van der Waals surface area contributed by atoms with Gasteiger partial charge in [0.25, 0.3) is 0 Å². The first-order valence-electron chi connectivity index (χ1n) is 9.29. The molecule has 0 unspecified atom stereocenters. The number of phenolic OH excluding ortho intramolecular Hbond substituents is 1. The number of aromatic hydroxyl groups is 1. The lowest BCUT2D eigenvalue weighted by Gasteiger charge is -2.35. The third-order valence-corrected chi connectivity index (χ3v) is 5.30. The number of piperidine rings is 1. The van der Waals surface area contributed by atoms with Crippen LogP contribution in [0.3, 0.4) is 0 Å². The molecule has 0 radical (unpaired) electrons. The van der Waals surface area contributed by atoms with Gasteiger partial charge in [-0.3, -0.25) is 4.90 Å². The monoisotopic (exact) mass is 371 g/mol. The van der Waals surface area contributed by atoms with E-state index in [9.17, 15) is 5.11 Å². The molecule has 27 heavy (non-hydrogen) atoms. The Hall–Kier alpha value is -2.60. The van der Waals surface area contributed by atoms with E-state index in [1.165, 1.54) is 6.42 Å². The van der Waals surface area contributed by atoms with E-state index in [0.29, 0.717) is 23.0 Å². The van der Waals surface area contributed by atoms with Crippen molar-refractivity contribution in [2.24, 2.45) is 0 Å². The summed E-state index contributed by atoms with van der Waals surface area (Å²) in [4.78, 5) is 2.40. The third kappa shape index (κ3) is 3.37. The molecule has 0 amide bonds. The van der Waals surface area contributed by atoms with Crippen molar-refractivity contribution < 1.29 is 24.1 Å². The van der Waals surface area contributed by atoms with Crippen LogP contribution < -0.4 is 18.9 Å². The summed E-state index contributed by atoms with van der Waals surface area (Å²) < 4.78 is 21.8. The maximum Gasteiger partial charge on any atom is 0.231 e. The quantitative estimate of drug-likeness (QED) is 0.865. The largest absolute Gasteiger partial charge is 0.507 e. The normalized spacial score (nSPS) is 17.6. The third-order valence-electron chi connectivity index (χ3n) is 5.30. The zero-order valence-corrected chi connectivity index (χ0v) is 15.7. The van der Waals surface area contributed by atoms with Crippen molar-refractivity contribution in [2.75, 3.05) is 34.1 Å². The van der Waals surface area contributed by atoms with Crippen LogP contribution in [-0.4, -0.2) is 44.1 Å². The Balaban J connectivity index is 1.81. The second-order valence-corrected chi connectivity index (χ2v) is 6.88. The minimum atomic E-state index is -0.0976. The van der Waals surface area contributed by atoms with Gasteiger partial charge in [-0.2, -0.15) is 0 Å². The van der Waals surface area contributed by atoms with Crippen LogP contribution in [0, 0.1) is 0 Å². The van der Waals surface area contributed by atoms with Gasteiger partial charge in [0.05, 0.1) is 20.3 Å². The van der Waals surface area contributed by atoms with Crippen molar-refractivity contribution in [3.05, 3.63) is 41.5 Å². The average molecular weight is 371 g/mol. The van der Waals surface area contributed by atoms with Crippen molar-refractivity contribution in [3.8, 4) is 28.7 Å². The SMILES string of the molecule is COc1ccc([C@H](c2cc3c(cc2O)OCO3)N2CCCCC2)cc1OC. The highest BCUT2D eigenvalue weighted by molar-refractivity contribution is 5.55. The van der Waals surface area contributed by atoms with E-state index in [1.54, 1.807) is 20.3 Å². The Kier molecular flexibility index (Phi) is 4.99. The van der Waals surface area contributed by atoms with E-state index < -0.39 is 0 Å². The second-order valence-electron chi connectivity index (χ2n) is 6.88. The number of ether oxygens (including phenoxy) is 4. The molecule has 1 saturated heterocycles. The van der Waals surface area contributed by atoms with Crippen LogP contribution in [0.1, 0.15) is 36.4 Å². The summed E-state index contributed by atoms with van der Waals surface area (Å²) in [5, 5.41) is 10.7. The van der Waals surface area contributed by atoms with E-state index >= 15 is 0 Å². The molecule has 6 heteroatoms. The van der Waals surface area contributed by atoms with Crippen LogP contribution in [0.15, 0.2) is 30.3 Å². The van der Waals surface area contributed by atoms with Gasteiger partial charge in [-0.15, -0.1) is 0 Å². The molecule has 6 nitrogen and oxygen atoms in total. The van der Waals surface area contributed by atoms with Crippen LogP contribution in [0.5, 0.6) is 28.7 Å². The lowest BCUT2D eigenvalue weighted by atomic mass is 9.93. The van der Waals surface area contributed by atoms with Crippen LogP contribution in [0.4, 0.5) is 0 Å². The molecule has 0 aliphatic carbocycles. The van der Waals surface area contributed by atoms with Crippen molar-refractivity contribution in [2.45, 2.75) is 25.3 Å². The predicted octanol–water partition coefficient (Wildman–Crippen LogP) is 3.71. The molecule has 1 N–H and O–H groups in total. The van der Waals surface area contributed by atoms with Crippen LogP contribution >= 0.6 is 0 Å². The molecule has 144 valence electrons. The number of rotatable bonds is 5. The highest BCUT2D eigenvalue weighted by atomic mass is 16.7. The van der Waals surface area contributed by atoms with Gasteiger partial charge in [-0.05, 0) is 49.7 Å². The fourth-order valence-corrected chi connectivity index (χ4v) is 3.95. The van der Waals surface area contributed by atoms with Crippen molar-refractivity contribution in [1.82, 2.24) is 4.90 Å². The molecule has 2 heterocycles. The van der Waals surface area contributed by atoms with Gasteiger partial charge in [-0.25, -0.2) is 0 Å². The number of phenols is 1. The molecular formula is C21H25NO5. The van der Waals surface area contributed by atoms with Crippen LogP contribution in [0.25, 0.3) is 0 Å². The molecule has 1 fully saturated rings. The number of nitrogens with zero attached hydrogens (tertiary/aromatic N) is 1. The first-order valence-corrected chi connectivity index (χ1v) is 9.29. The maximum atomic E-state index is 10.7. The Morgan fingerprint density at radius 1 is 0.926 bits per heavy atom. The summed E-state index contributed by atoms with van der Waals surface area (Å²) in [6, 6.07) is 9.38. The maximum absolute atomic E-state index is 10.7. The molecule has 1 atom stereocenters. The number of benzene rings is 2. The van der Waals surface area contributed by atoms with Crippen molar-refractivity contribution >= 4 is 0 Å². The zero-order valence-electron chi connectivity index (χ0n) is 15.7. The first-order chi connectivity index (χ1) is 13.2. The van der Waals surface area contributed by atoms with E-state index in [2.05, 4.69) is 4.90 Å². The molecule has 0 aromatic heterocycles. The Labute approximate surface area is 159 Å². The summed E-state index contributed by atoms with van der Waals surface area (Å²) in [5.74, 6) is 2.83. The summed E-state index contributed by atoms with van der Waals surface area (Å²) in [6.45, 7) is 2.14. The highest BCUT2D eigenvalue weighted by Crippen LogP contribution is 2.44. The smallest absolute Gasteiger partial charge is 0.231 e. The van der Waals surface area contributed by atoms with E-state index in [1.807, 2.05) is 24.3 Å². The van der Waals surface area contributed by atoms with Gasteiger partial charge in [0.15, 0.2) is 23.0 Å². The zero-order chi connectivity index (χ0) is 18.8. The summed E-state index contributed by atoms with van der Waals surface area (Å²) in [7, 11) is 3.26. The van der Waals surface area contributed by atoms with Gasteiger partial charge in [-0.1, -0.05) is 12.5 Å². The Morgan fingerprint density at radius 2 is 1.63 bits per heavy atom. The Morgan fingerprint density at radius 3 is 2.33 bits per heavy atom. The number of methoxy groups -OCH3 is 2. The lowest BCUT2D eigenvalue weighted by Crippen LogP contribution is -2.34. The minimum Gasteiger partial charge on any atom is -0.507 e. The van der Waals surface area contributed by atoms with Gasteiger partial charge in [0.2, 0.25) is 6.79 Å². The van der Waals surface area contributed by atoms with Gasteiger partial charge in [0, 0.05) is 11.6 Å². The molecule has 2 aliphatic heterocycles. The van der Waals surface area contributed by atoms with Crippen molar-refractivity contribution in [3.63, 3.8) is 0 Å². The van der Waals surface area contributed by atoms with E-state index in [4.69, 9.17) is 18.9 Å². The van der Waals surface area contributed by atoms with Gasteiger partial charge >= 0.3 is 0 Å². The molecule has 0 saturated carbocycles. The Bertz CT molecular complexity index is 816. The fraction of sp³-hybridized carbons (Fsp3) is 0.429. The first kappa shape index (κ1) is 17.8. The van der Waals surface area contributed by atoms with E-state index in [-0.39, 0.29) is 18.6 Å². The fourth-order valence-electron chi connectivity index (χ4n) is 3.95. The van der Waals surface area contributed by atoms with Gasteiger partial charge < -0.3 is 24.1 Å². The van der Waals surface area contributed by atoms with Crippen LogP contribution in [-0.2, 0) is 0 Å². The number of likely N-dealkylation sites (tertiary alicyclic amines) is 1. The molecule has 0 bridgehead atoms. The second kappa shape index (κ2) is 7.56. The lowest BCUT2D eigenvalue weighted by molar-refractivity contribution is 0.173. The average Bonchev–Trinajstić information content (AvgIpc) is 3.16. The van der Waals surface area contributed by atoms with E-state index in [0.717, 1.165) is 37.1 Å². The minimum absolute atomic E-state index is 0.0976. The standard InChI is InChI=1S/C21H25NO5/c1-24-17-7-6-14(10-18(17)25-2)21(22-8-4-3-5-9-22)15-11-19-20(12-16(15)23)27-13-26-19/h6-7,10-12,21,23H,3-5,8-9,13H2,1-2H3/t21-/m1/s1. The molecular weight excluding hydrogens is 346 g/mol. The summed E-state index contributed by atoms with van der Waals surface area (Å²) in [6.07, 6.45) is 3.53. The molecule has 0 spiro atoms.